The Bertz CT molecular complexity index is 217. The van der Waals surface area contributed by atoms with Crippen molar-refractivity contribution < 1.29 is 25.2 Å². The van der Waals surface area contributed by atoms with Crippen LogP contribution in [0.2, 0.25) is 0 Å². The second kappa shape index (κ2) is 4.37. The zero-order valence-electron chi connectivity index (χ0n) is 8.00. The average Bonchev–Trinajstić information content (AvgIpc) is 2.40. The summed E-state index contributed by atoms with van der Waals surface area (Å²) in [5.74, 6) is 0. The number of hydrogen-bond acceptors (Lipinski definition) is 5. The molecule has 0 spiro atoms. The van der Waals surface area contributed by atoms with Crippen LogP contribution >= 0.6 is 0 Å². The van der Waals surface area contributed by atoms with Crippen molar-refractivity contribution in [3.05, 3.63) is 12.2 Å². The standard InChI is InChI=1S/C9H16O5/c1-2-3-4-9(13)6(5-10)14-8(12)7(9)11/h3-4,6-8,10-13H,2,5H2,1H3/b4-3+/t6-,7+,8?,9+/m1/s1. The first-order valence-corrected chi connectivity index (χ1v) is 4.58. The van der Waals surface area contributed by atoms with Gasteiger partial charge in [-0.2, -0.15) is 0 Å². The summed E-state index contributed by atoms with van der Waals surface area (Å²) in [5.41, 5.74) is -1.70. The zero-order chi connectivity index (χ0) is 10.8. The molecule has 0 aliphatic carbocycles. The fourth-order valence-corrected chi connectivity index (χ4v) is 1.47. The van der Waals surface area contributed by atoms with E-state index in [2.05, 4.69) is 0 Å². The van der Waals surface area contributed by atoms with Gasteiger partial charge in [0, 0.05) is 0 Å². The highest BCUT2D eigenvalue weighted by molar-refractivity contribution is 5.13. The highest BCUT2D eigenvalue weighted by atomic mass is 16.7. The molecule has 0 aromatic rings. The van der Waals surface area contributed by atoms with Gasteiger partial charge in [0.2, 0.25) is 0 Å². The van der Waals surface area contributed by atoms with Crippen molar-refractivity contribution in [1.29, 1.82) is 0 Å². The first-order chi connectivity index (χ1) is 6.56. The van der Waals surface area contributed by atoms with E-state index < -0.39 is 30.7 Å². The van der Waals surface area contributed by atoms with Gasteiger partial charge in [0.1, 0.15) is 17.8 Å². The second-order valence-corrected chi connectivity index (χ2v) is 3.34. The Hall–Kier alpha value is -0.460. The molecule has 5 nitrogen and oxygen atoms in total. The molecule has 4 N–H and O–H groups in total. The normalized spacial score (nSPS) is 43.6. The zero-order valence-corrected chi connectivity index (χ0v) is 8.00. The van der Waals surface area contributed by atoms with Crippen molar-refractivity contribution in [3.63, 3.8) is 0 Å². The van der Waals surface area contributed by atoms with Gasteiger partial charge in [-0.3, -0.25) is 0 Å². The van der Waals surface area contributed by atoms with Crippen LogP contribution in [0.3, 0.4) is 0 Å². The number of allylic oxidation sites excluding steroid dienone is 1. The number of aliphatic hydroxyl groups excluding tert-OH is 3. The smallest absolute Gasteiger partial charge is 0.184 e. The van der Waals surface area contributed by atoms with E-state index in [4.69, 9.17) is 14.9 Å². The first-order valence-electron chi connectivity index (χ1n) is 4.58. The molecule has 0 aromatic carbocycles. The summed E-state index contributed by atoms with van der Waals surface area (Å²) >= 11 is 0. The van der Waals surface area contributed by atoms with Crippen LogP contribution in [-0.4, -0.2) is 51.1 Å². The summed E-state index contributed by atoms with van der Waals surface area (Å²) < 4.78 is 4.79. The van der Waals surface area contributed by atoms with Crippen LogP contribution in [0.5, 0.6) is 0 Å². The average molecular weight is 204 g/mol. The van der Waals surface area contributed by atoms with Crippen molar-refractivity contribution >= 4 is 0 Å². The highest BCUT2D eigenvalue weighted by Crippen LogP contribution is 2.31. The molecule has 1 rings (SSSR count). The fourth-order valence-electron chi connectivity index (χ4n) is 1.47. The van der Waals surface area contributed by atoms with Crippen molar-refractivity contribution in [2.75, 3.05) is 6.61 Å². The molecule has 1 unspecified atom stereocenters. The summed E-state index contributed by atoms with van der Waals surface area (Å²) in [6.45, 7) is 1.41. The summed E-state index contributed by atoms with van der Waals surface area (Å²) in [6, 6.07) is 0. The van der Waals surface area contributed by atoms with Crippen LogP contribution in [0, 0.1) is 0 Å². The van der Waals surface area contributed by atoms with Gasteiger partial charge in [-0.25, -0.2) is 0 Å². The molecule has 0 aromatic heterocycles. The van der Waals surface area contributed by atoms with Gasteiger partial charge in [0.25, 0.3) is 0 Å². The number of rotatable bonds is 3. The van der Waals surface area contributed by atoms with Gasteiger partial charge in [0.05, 0.1) is 6.61 Å². The SMILES string of the molecule is CC/C=C/[C@]1(O)[C@@H](CO)OC(O)[C@@H]1O. The molecule has 5 heteroatoms. The maximum atomic E-state index is 9.94. The van der Waals surface area contributed by atoms with E-state index in [0.717, 1.165) is 0 Å². The van der Waals surface area contributed by atoms with E-state index >= 15 is 0 Å². The van der Waals surface area contributed by atoms with Gasteiger partial charge in [-0.1, -0.05) is 19.1 Å². The van der Waals surface area contributed by atoms with E-state index in [0.29, 0.717) is 6.42 Å². The van der Waals surface area contributed by atoms with E-state index in [-0.39, 0.29) is 0 Å². The van der Waals surface area contributed by atoms with Crippen LogP contribution in [0.25, 0.3) is 0 Å². The molecular formula is C9H16O5. The lowest BCUT2D eigenvalue weighted by atomic mass is 9.92. The van der Waals surface area contributed by atoms with Crippen molar-refractivity contribution in [2.24, 2.45) is 0 Å². The van der Waals surface area contributed by atoms with Crippen LogP contribution in [0.4, 0.5) is 0 Å². The Morgan fingerprint density at radius 2 is 2.07 bits per heavy atom. The van der Waals surface area contributed by atoms with Crippen LogP contribution in [0.15, 0.2) is 12.2 Å². The van der Waals surface area contributed by atoms with Gasteiger partial charge in [0.15, 0.2) is 6.29 Å². The molecule has 0 radical (unpaired) electrons. The second-order valence-electron chi connectivity index (χ2n) is 3.34. The molecule has 14 heavy (non-hydrogen) atoms. The Labute approximate surface area is 82.3 Å². The van der Waals surface area contributed by atoms with Crippen LogP contribution < -0.4 is 0 Å². The van der Waals surface area contributed by atoms with Crippen molar-refractivity contribution in [2.45, 2.75) is 37.4 Å². The molecular weight excluding hydrogens is 188 g/mol. The van der Waals surface area contributed by atoms with Crippen molar-refractivity contribution in [3.8, 4) is 0 Å². The first kappa shape index (κ1) is 11.6. The monoisotopic (exact) mass is 204 g/mol. The summed E-state index contributed by atoms with van der Waals surface area (Å²) in [4.78, 5) is 0. The Morgan fingerprint density at radius 1 is 1.43 bits per heavy atom. The molecule has 1 fully saturated rings. The molecule has 0 bridgehead atoms. The molecule has 82 valence electrons. The summed E-state index contributed by atoms with van der Waals surface area (Å²) in [5, 5.41) is 37.4. The predicted octanol–water partition coefficient (Wildman–Crippen LogP) is -1.25. The fraction of sp³-hybridized carbons (Fsp3) is 0.778. The molecule has 4 atom stereocenters. The summed E-state index contributed by atoms with van der Waals surface area (Å²) in [7, 11) is 0. The quantitative estimate of drug-likeness (QED) is 0.431. The van der Waals surface area contributed by atoms with E-state index in [1.807, 2.05) is 6.92 Å². The largest absolute Gasteiger partial charge is 0.394 e. The minimum atomic E-state index is -1.70. The lowest BCUT2D eigenvalue weighted by Crippen LogP contribution is -2.47. The number of aliphatic hydroxyl groups is 4. The molecule has 1 aliphatic heterocycles. The molecule has 0 amide bonds. The minimum Gasteiger partial charge on any atom is -0.394 e. The van der Waals surface area contributed by atoms with Crippen LogP contribution in [-0.2, 0) is 4.74 Å². The van der Waals surface area contributed by atoms with Gasteiger partial charge >= 0.3 is 0 Å². The van der Waals surface area contributed by atoms with E-state index in [1.54, 1.807) is 6.08 Å². The van der Waals surface area contributed by atoms with E-state index in [9.17, 15) is 10.2 Å². The third kappa shape index (κ3) is 1.82. The summed E-state index contributed by atoms with van der Waals surface area (Å²) in [6.07, 6.45) is -0.192. The molecule has 1 aliphatic rings. The highest BCUT2D eigenvalue weighted by Gasteiger charge is 2.52. The minimum absolute atomic E-state index is 0.460. The maximum Gasteiger partial charge on any atom is 0.184 e. The van der Waals surface area contributed by atoms with Gasteiger partial charge in [-0.05, 0) is 6.42 Å². The third-order valence-electron chi connectivity index (χ3n) is 2.35. The Morgan fingerprint density at radius 3 is 2.57 bits per heavy atom. The molecule has 0 saturated carbocycles. The van der Waals surface area contributed by atoms with E-state index in [1.165, 1.54) is 6.08 Å². The van der Waals surface area contributed by atoms with Crippen molar-refractivity contribution in [1.82, 2.24) is 0 Å². The third-order valence-corrected chi connectivity index (χ3v) is 2.35. The lowest BCUT2D eigenvalue weighted by Gasteiger charge is -2.26. The molecule has 1 saturated heterocycles. The number of ether oxygens (including phenoxy) is 1. The lowest BCUT2D eigenvalue weighted by molar-refractivity contribution is -0.132. The number of hydrogen-bond donors (Lipinski definition) is 4. The Balaban J connectivity index is 2.85. The van der Waals surface area contributed by atoms with Gasteiger partial charge < -0.3 is 25.2 Å². The predicted molar refractivity (Wildman–Crippen MR) is 48.4 cm³/mol. The topological polar surface area (TPSA) is 90.2 Å². The van der Waals surface area contributed by atoms with Gasteiger partial charge in [-0.15, -0.1) is 0 Å². The maximum absolute atomic E-state index is 9.94. The van der Waals surface area contributed by atoms with Crippen LogP contribution in [0.1, 0.15) is 13.3 Å². The Kier molecular flexibility index (Phi) is 3.63. The molecule has 1 heterocycles.